The van der Waals surface area contributed by atoms with Gasteiger partial charge in [0.25, 0.3) is 5.91 Å². The second-order valence-electron chi connectivity index (χ2n) is 6.45. The number of carbonyl (C=O) groups is 1. The maximum absolute atomic E-state index is 13.0. The first-order chi connectivity index (χ1) is 11.7. The molecule has 0 bridgehead atoms. The quantitative estimate of drug-likeness (QED) is 0.763. The maximum Gasteiger partial charge on any atom is 0.252 e. The van der Waals surface area contributed by atoms with Crippen LogP contribution in [0.5, 0.6) is 0 Å². The van der Waals surface area contributed by atoms with Gasteiger partial charge in [0.05, 0.1) is 17.1 Å². The number of para-hydroxylation sites is 1. The number of aryl methyl sites for hydroxylation is 2. The van der Waals surface area contributed by atoms with Crippen molar-refractivity contribution in [3.63, 3.8) is 0 Å². The van der Waals surface area contributed by atoms with Gasteiger partial charge in [0.1, 0.15) is 0 Å². The molecule has 1 N–H and O–H groups in total. The van der Waals surface area contributed by atoms with Crippen LogP contribution in [0.3, 0.4) is 0 Å². The molecule has 0 radical (unpaired) electrons. The molecule has 0 unspecified atom stereocenters. The Bertz CT molecular complexity index is 917. The van der Waals surface area contributed by atoms with Gasteiger partial charge in [-0.05, 0) is 49.4 Å². The summed E-state index contributed by atoms with van der Waals surface area (Å²) in [5.74, 6) is -0.0154. The minimum Gasteiger partial charge on any atom is -0.345 e. The van der Waals surface area contributed by atoms with E-state index in [9.17, 15) is 4.79 Å². The zero-order chi connectivity index (χ0) is 16.5. The SMILES string of the molecule is Cc1cc(C(=O)N[C@@H]2CCCc3ccccc32)c2ccccc2n1. The molecule has 4 rings (SSSR count). The van der Waals surface area contributed by atoms with E-state index in [1.54, 1.807) is 0 Å². The van der Waals surface area contributed by atoms with Crippen molar-refractivity contribution in [1.82, 2.24) is 10.3 Å². The highest BCUT2D eigenvalue weighted by Gasteiger charge is 2.22. The van der Waals surface area contributed by atoms with Crippen molar-refractivity contribution < 1.29 is 4.79 Å². The third kappa shape index (κ3) is 2.67. The fourth-order valence-electron chi connectivity index (χ4n) is 3.64. The Hall–Kier alpha value is -2.68. The predicted molar refractivity (Wildman–Crippen MR) is 96.1 cm³/mol. The second-order valence-corrected chi connectivity index (χ2v) is 6.45. The van der Waals surface area contributed by atoms with Crippen molar-refractivity contribution >= 4 is 16.8 Å². The lowest BCUT2D eigenvalue weighted by Gasteiger charge is -2.26. The molecule has 2 aromatic carbocycles. The standard InChI is InChI=1S/C21H20N2O/c1-14-13-18(17-10-4-5-11-20(17)22-14)21(24)23-19-12-6-8-15-7-2-3-9-16(15)19/h2-5,7,9-11,13,19H,6,8,12H2,1H3,(H,23,24)/t19-/m1/s1. The minimum atomic E-state index is -0.0154. The van der Waals surface area contributed by atoms with Gasteiger partial charge in [-0.1, -0.05) is 42.5 Å². The summed E-state index contributed by atoms with van der Waals surface area (Å²) >= 11 is 0. The van der Waals surface area contributed by atoms with Gasteiger partial charge in [0.15, 0.2) is 0 Å². The van der Waals surface area contributed by atoms with E-state index in [2.05, 4.69) is 34.6 Å². The summed E-state index contributed by atoms with van der Waals surface area (Å²) in [4.78, 5) is 17.5. The molecular formula is C21H20N2O. The Morgan fingerprint density at radius 1 is 1.12 bits per heavy atom. The fourth-order valence-corrected chi connectivity index (χ4v) is 3.64. The van der Waals surface area contributed by atoms with Crippen LogP contribution in [0, 0.1) is 6.92 Å². The van der Waals surface area contributed by atoms with E-state index in [0.717, 1.165) is 35.9 Å². The van der Waals surface area contributed by atoms with Crippen LogP contribution in [-0.2, 0) is 6.42 Å². The molecule has 0 saturated carbocycles. The summed E-state index contributed by atoms with van der Waals surface area (Å²) < 4.78 is 0. The molecule has 1 aliphatic carbocycles. The van der Waals surface area contributed by atoms with Gasteiger partial charge < -0.3 is 5.32 Å². The number of hydrogen-bond acceptors (Lipinski definition) is 2. The number of aromatic nitrogens is 1. The normalized spacial score (nSPS) is 16.6. The number of fused-ring (bicyclic) bond motifs is 2. The van der Waals surface area contributed by atoms with E-state index in [1.165, 1.54) is 11.1 Å². The van der Waals surface area contributed by atoms with Crippen molar-refractivity contribution in [2.24, 2.45) is 0 Å². The number of benzene rings is 2. The van der Waals surface area contributed by atoms with Crippen LogP contribution >= 0.6 is 0 Å². The second kappa shape index (κ2) is 6.08. The Kier molecular flexibility index (Phi) is 3.77. The molecule has 24 heavy (non-hydrogen) atoms. The highest BCUT2D eigenvalue weighted by atomic mass is 16.1. The fraction of sp³-hybridized carbons (Fsp3) is 0.238. The van der Waals surface area contributed by atoms with Crippen LogP contribution in [0.2, 0.25) is 0 Å². The molecular weight excluding hydrogens is 296 g/mol. The summed E-state index contributed by atoms with van der Waals surface area (Å²) in [7, 11) is 0. The topological polar surface area (TPSA) is 42.0 Å². The Balaban J connectivity index is 1.69. The van der Waals surface area contributed by atoms with Crippen LogP contribution in [-0.4, -0.2) is 10.9 Å². The summed E-state index contributed by atoms with van der Waals surface area (Å²) in [6, 6.07) is 18.2. The van der Waals surface area contributed by atoms with Crippen LogP contribution in [0.25, 0.3) is 10.9 Å². The zero-order valence-corrected chi connectivity index (χ0v) is 13.8. The van der Waals surface area contributed by atoms with Gasteiger partial charge in [-0.15, -0.1) is 0 Å². The first-order valence-corrected chi connectivity index (χ1v) is 8.47. The van der Waals surface area contributed by atoms with Gasteiger partial charge >= 0.3 is 0 Å². The molecule has 1 heterocycles. The van der Waals surface area contributed by atoms with Crippen molar-refractivity contribution in [2.45, 2.75) is 32.2 Å². The van der Waals surface area contributed by atoms with Gasteiger partial charge in [-0.25, -0.2) is 0 Å². The summed E-state index contributed by atoms with van der Waals surface area (Å²) in [6.45, 7) is 1.93. The van der Waals surface area contributed by atoms with Crippen molar-refractivity contribution in [2.75, 3.05) is 0 Å². The van der Waals surface area contributed by atoms with E-state index in [0.29, 0.717) is 5.56 Å². The Labute approximate surface area is 141 Å². The molecule has 0 fully saturated rings. The number of rotatable bonds is 2. The number of pyridine rings is 1. The molecule has 1 aromatic heterocycles. The molecule has 0 spiro atoms. The zero-order valence-electron chi connectivity index (χ0n) is 13.8. The van der Waals surface area contributed by atoms with E-state index in [-0.39, 0.29) is 11.9 Å². The largest absolute Gasteiger partial charge is 0.345 e. The molecule has 3 heteroatoms. The van der Waals surface area contributed by atoms with Crippen LogP contribution in [0.15, 0.2) is 54.6 Å². The smallest absolute Gasteiger partial charge is 0.252 e. The van der Waals surface area contributed by atoms with Crippen LogP contribution < -0.4 is 5.32 Å². The number of carbonyl (C=O) groups excluding carboxylic acids is 1. The molecule has 0 aliphatic heterocycles. The number of nitrogens with one attached hydrogen (secondary N) is 1. The molecule has 120 valence electrons. The number of hydrogen-bond donors (Lipinski definition) is 1. The summed E-state index contributed by atoms with van der Waals surface area (Å²) in [5.41, 5.74) is 5.05. The summed E-state index contributed by atoms with van der Waals surface area (Å²) in [6.07, 6.45) is 3.20. The maximum atomic E-state index is 13.0. The first-order valence-electron chi connectivity index (χ1n) is 8.47. The van der Waals surface area contributed by atoms with Crippen LogP contribution in [0.4, 0.5) is 0 Å². The summed E-state index contributed by atoms with van der Waals surface area (Å²) in [5, 5.41) is 4.15. The molecule has 1 aliphatic rings. The lowest BCUT2D eigenvalue weighted by atomic mass is 9.87. The van der Waals surface area contributed by atoms with Gasteiger partial charge in [0, 0.05) is 11.1 Å². The van der Waals surface area contributed by atoms with Gasteiger partial charge in [-0.3, -0.25) is 9.78 Å². The average Bonchev–Trinajstić information content (AvgIpc) is 2.61. The lowest BCUT2D eigenvalue weighted by Crippen LogP contribution is -2.31. The third-order valence-electron chi connectivity index (χ3n) is 4.76. The van der Waals surface area contributed by atoms with Crippen molar-refractivity contribution in [3.8, 4) is 0 Å². The highest BCUT2D eigenvalue weighted by Crippen LogP contribution is 2.30. The molecule has 1 atom stereocenters. The van der Waals surface area contributed by atoms with Gasteiger partial charge in [-0.2, -0.15) is 0 Å². The molecule has 3 aromatic rings. The van der Waals surface area contributed by atoms with Gasteiger partial charge in [0.2, 0.25) is 0 Å². The first kappa shape index (κ1) is 14.9. The average molecular weight is 316 g/mol. The molecule has 1 amide bonds. The van der Waals surface area contributed by atoms with E-state index in [4.69, 9.17) is 0 Å². The van der Waals surface area contributed by atoms with Crippen LogP contribution in [0.1, 0.15) is 46.1 Å². The Morgan fingerprint density at radius 3 is 2.83 bits per heavy atom. The highest BCUT2D eigenvalue weighted by molar-refractivity contribution is 6.06. The van der Waals surface area contributed by atoms with Crippen molar-refractivity contribution in [1.29, 1.82) is 0 Å². The predicted octanol–water partition coefficient (Wildman–Crippen LogP) is 4.35. The number of amides is 1. The lowest BCUT2D eigenvalue weighted by molar-refractivity contribution is 0.0934. The minimum absolute atomic E-state index is 0.0154. The van der Waals surface area contributed by atoms with E-state index >= 15 is 0 Å². The van der Waals surface area contributed by atoms with Crippen molar-refractivity contribution in [3.05, 3.63) is 77.0 Å². The number of nitrogens with zero attached hydrogens (tertiary/aromatic N) is 1. The Morgan fingerprint density at radius 2 is 1.92 bits per heavy atom. The third-order valence-corrected chi connectivity index (χ3v) is 4.76. The monoisotopic (exact) mass is 316 g/mol. The molecule has 3 nitrogen and oxygen atoms in total. The molecule has 0 saturated heterocycles. The van der Waals surface area contributed by atoms with E-state index < -0.39 is 0 Å². The van der Waals surface area contributed by atoms with E-state index in [1.807, 2.05) is 37.3 Å².